The Balaban J connectivity index is 2.55. The zero-order valence-electron chi connectivity index (χ0n) is 11.9. The smallest absolute Gasteiger partial charge is 0.340 e. The first-order valence-electron chi connectivity index (χ1n) is 6.62. The minimum absolute atomic E-state index is 0.250. The standard InChI is InChI=1S/C16H17FN2O2/c1-3-10-6-4-5-9(2)15(10)19-12-8-7-11(17)14(18)13(12)16(20)21/h4-8,19H,3,18H2,1-2H3,(H,20,21). The van der Waals surface area contributed by atoms with Gasteiger partial charge in [0.05, 0.1) is 11.4 Å². The topological polar surface area (TPSA) is 75.3 Å². The lowest BCUT2D eigenvalue weighted by molar-refractivity contribution is 0.0698. The van der Waals surface area contributed by atoms with Crippen molar-refractivity contribution in [1.29, 1.82) is 0 Å². The molecular formula is C16H17FN2O2. The zero-order valence-corrected chi connectivity index (χ0v) is 11.9. The van der Waals surface area contributed by atoms with Crippen LogP contribution in [-0.4, -0.2) is 11.1 Å². The van der Waals surface area contributed by atoms with E-state index in [0.29, 0.717) is 0 Å². The molecule has 0 atom stereocenters. The molecule has 4 nitrogen and oxygen atoms in total. The number of aryl methyl sites for hydroxylation is 2. The van der Waals surface area contributed by atoms with E-state index in [1.807, 2.05) is 32.0 Å². The van der Waals surface area contributed by atoms with Crippen LogP contribution in [-0.2, 0) is 6.42 Å². The summed E-state index contributed by atoms with van der Waals surface area (Å²) in [6.07, 6.45) is 0.795. The number of carboxylic acid groups (broad SMARTS) is 1. The summed E-state index contributed by atoms with van der Waals surface area (Å²) in [5.74, 6) is -2.00. The molecule has 2 aromatic carbocycles. The number of hydrogen-bond acceptors (Lipinski definition) is 3. The van der Waals surface area contributed by atoms with E-state index >= 15 is 0 Å². The van der Waals surface area contributed by atoms with Crippen molar-refractivity contribution in [2.75, 3.05) is 11.1 Å². The van der Waals surface area contributed by atoms with Crippen LogP contribution in [0.15, 0.2) is 30.3 Å². The van der Waals surface area contributed by atoms with E-state index < -0.39 is 11.8 Å². The Bertz CT molecular complexity index is 699. The molecule has 0 bridgehead atoms. The Labute approximate surface area is 122 Å². The first-order valence-corrected chi connectivity index (χ1v) is 6.62. The predicted molar refractivity (Wildman–Crippen MR) is 81.6 cm³/mol. The summed E-state index contributed by atoms with van der Waals surface area (Å²) >= 11 is 0. The van der Waals surface area contributed by atoms with Crippen molar-refractivity contribution in [3.63, 3.8) is 0 Å². The van der Waals surface area contributed by atoms with E-state index in [-0.39, 0.29) is 16.9 Å². The van der Waals surface area contributed by atoms with Gasteiger partial charge in [0, 0.05) is 5.69 Å². The number of rotatable bonds is 4. The summed E-state index contributed by atoms with van der Waals surface area (Å²) in [4.78, 5) is 11.3. The van der Waals surface area contributed by atoms with Gasteiger partial charge in [-0.05, 0) is 36.6 Å². The van der Waals surface area contributed by atoms with Crippen LogP contribution in [0.5, 0.6) is 0 Å². The highest BCUT2D eigenvalue weighted by Crippen LogP contribution is 2.31. The number of aromatic carboxylic acids is 1. The monoisotopic (exact) mass is 288 g/mol. The molecule has 0 amide bonds. The molecule has 5 heteroatoms. The summed E-state index contributed by atoms with van der Waals surface area (Å²) < 4.78 is 13.5. The number of carbonyl (C=O) groups is 1. The molecule has 0 saturated heterocycles. The maximum atomic E-state index is 13.5. The fourth-order valence-corrected chi connectivity index (χ4v) is 2.27. The van der Waals surface area contributed by atoms with E-state index in [1.54, 1.807) is 0 Å². The molecule has 21 heavy (non-hydrogen) atoms. The lowest BCUT2D eigenvalue weighted by atomic mass is 10.0. The second-order valence-corrected chi connectivity index (χ2v) is 4.78. The third kappa shape index (κ3) is 2.81. The quantitative estimate of drug-likeness (QED) is 0.749. The third-order valence-corrected chi connectivity index (χ3v) is 3.41. The van der Waals surface area contributed by atoms with Gasteiger partial charge in [-0.1, -0.05) is 25.1 Å². The molecule has 2 rings (SSSR count). The van der Waals surface area contributed by atoms with Gasteiger partial charge in [0.15, 0.2) is 0 Å². The SMILES string of the molecule is CCc1cccc(C)c1Nc1ccc(F)c(N)c1C(=O)O. The van der Waals surface area contributed by atoms with E-state index in [0.717, 1.165) is 29.3 Å². The average Bonchev–Trinajstić information content (AvgIpc) is 2.44. The minimum Gasteiger partial charge on any atom is -0.478 e. The Kier molecular flexibility index (Phi) is 4.12. The lowest BCUT2D eigenvalue weighted by Crippen LogP contribution is -2.09. The molecule has 0 aliphatic carbocycles. The lowest BCUT2D eigenvalue weighted by Gasteiger charge is -2.16. The van der Waals surface area contributed by atoms with Crippen LogP contribution in [0, 0.1) is 12.7 Å². The van der Waals surface area contributed by atoms with Crippen molar-refractivity contribution >= 4 is 23.0 Å². The van der Waals surface area contributed by atoms with Gasteiger partial charge in [0.1, 0.15) is 11.4 Å². The molecule has 0 saturated carbocycles. The van der Waals surface area contributed by atoms with Gasteiger partial charge in [0.2, 0.25) is 0 Å². The van der Waals surface area contributed by atoms with Crippen molar-refractivity contribution in [2.24, 2.45) is 0 Å². The zero-order chi connectivity index (χ0) is 15.6. The van der Waals surface area contributed by atoms with E-state index in [4.69, 9.17) is 5.73 Å². The van der Waals surface area contributed by atoms with Crippen molar-refractivity contribution in [3.8, 4) is 0 Å². The van der Waals surface area contributed by atoms with Crippen LogP contribution in [0.1, 0.15) is 28.4 Å². The summed E-state index contributed by atoms with van der Waals surface area (Å²) in [7, 11) is 0. The number of para-hydroxylation sites is 1. The molecular weight excluding hydrogens is 271 g/mol. The second kappa shape index (κ2) is 5.83. The fourth-order valence-electron chi connectivity index (χ4n) is 2.27. The number of anilines is 3. The Morgan fingerprint density at radius 2 is 2.05 bits per heavy atom. The van der Waals surface area contributed by atoms with Gasteiger partial charge in [-0.25, -0.2) is 9.18 Å². The normalized spacial score (nSPS) is 10.4. The fraction of sp³-hybridized carbons (Fsp3) is 0.188. The number of benzene rings is 2. The Hall–Kier alpha value is -2.56. The summed E-state index contributed by atoms with van der Waals surface area (Å²) in [6, 6.07) is 8.38. The highest BCUT2D eigenvalue weighted by molar-refractivity contribution is 6.01. The van der Waals surface area contributed by atoms with Crippen molar-refractivity contribution in [3.05, 3.63) is 52.8 Å². The summed E-state index contributed by atoms with van der Waals surface area (Å²) in [5, 5.41) is 12.3. The van der Waals surface area contributed by atoms with Gasteiger partial charge in [-0.3, -0.25) is 0 Å². The number of nitrogens with one attached hydrogen (secondary N) is 1. The minimum atomic E-state index is -1.26. The van der Waals surface area contributed by atoms with Crippen molar-refractivity contribution in [1.82, 2.24) is 0 Å². The molecule has 0 aliphatic rings. The van der Waals surface area contributed by atoms with Gasteiger partial charge in [-0.2, -0.15) is 0 Å². The molecule has 0 fully saturated rings. The van der Waals surface area contributed by atoms with Crippen molar-refractivity contribution in [2.45, 2.75) is 20.3 Å². The number of nitrogens with two attached hydrogens (primary N) is 1. The third-order valence-electron chi connectivity index (χ3n) is 3.41. The number of carboxylic acids is 1. The molecule has 0 aromatic heterocycles. The Morgan fingerprint density at radius 1 is 1.33 bits per heavy atom. The van der Waals surface area contributed by atoms with Crippen LogP contribution >= 0.6 is 0 Å². The molecule has 0 unspecified atom stereocenters. The molecule has 4 N–H and O–H groups in total. The van der Waals surface area contributed by atoms with Crippen LogP contribution in [0.25, 0.3) is 0 Å². The highest BCUT2D eigenvalue weighted by Gasteiger charge is 2.18. The molecule has 110 valence electrons. The van der Waals surface area contributed by atoms with E-state index in [9.17, 15) is 14.3 Å². The van der Waals surface area contributed by atoms with E-state index in [2.05, 4.69) is 5.32 Å². The maximum Gasteiger partial charge on any atom is 0.340 e. The van der Waals surface area contributed by atoms with Crippen LogP contribution < -0.4 is 11.1 Å². The highest BCUT2D eigenvalue weighted by atomic mass is 19.1. The van der Waals surface area contributed by atoms with Gasteiger partial charge < -0.3 is 16.2 Å². The number of nitrogen functional groups attached to an aromatic ring is 1. The number of halogens is 1. The van der Waals surface area contributed by atoms with Gasteiger partial charge >= 0.3 is 5.97 Å². The van der Waals surface area contributed by atoms with Crippen LogP contribution in [0.4, 0.5) is 21.5 Å². The van der Waals surface area contributed by atoms with Crippen LogP contribution in [0.3, 0.4) is 0 Å². The molecule has 0 spiro atoms. The number of hydrogen-bond donors (Lipinski definition) is 3. The average molecular weight is 288 g/mol. The molecule has 2 aromatic rings. The summed E-state index contributed by atoms with van der Waals surface area (Å²) in [5.41, 5.74) is 8.08. The summed E-state index contributed by atoms with van der Waals surface area (Å²) in [6.45, 7) is 3.94. The predicted octanol–water partition coefficient (Wildman–Crippen LogP) is 3.72. The second-order valence-electron chi connectivity index (χ2n) is 4.78. The molecule has 0 aliphatic heterocycles. The van der Waals surface area contributed by atoms with Gasteiger partial charge in [0.25, 0.3) is 0 Å². The van der Waals surface area contributed by atoms with Crippen molar-refractivity contribution < 1.29 is 14.3 Å². The maximum absolute atomic E-state index is 13.5. The Morgan fingerprint density at radius 3 is 2.67 bits per heavy atom. The van der Waals surface area contributed by atoms with Crippen LogP contribution in [0.2, 0.25) is 0 Å². The van der Waals surface area contributed by atoms with E-state index in [1.165, 1.54) is 6.07 Å². The first kappa shape index (κ1) is 14.8. The largest absolute Gasteiger partial charge is 0.478 e. The first-order chi connectivity index (χ1) is 9.95. The van der Waals surface area contributed by atoms with Gasteiger partial charge in [-0.15, -0.1) is 0 Å². The molecule has 0 radical (unpaired) electrons. The molecule has 0 heterocycles.